The van der Waals surface area contributed by atoms with Crippen molar-refractivity contribution in [1.82, 2.24) is 20.1 Å². The van der Waals surface area contributed by atoms with Gasteiger partial charge in [-0.2, -0.15) is 10.1 Å². The lowest BCUT2D eigenvalue weighted by molar-refractivity contribution is 0.276. The Labute approximate surface area is 146 Å². The molecular formula is C19H23N5O. The van der Waals surface area contributed by atoms with Gasteiger partial charge in [0.15, 0.2) is 5.58 Å². The Hall–Kier alpha value is -2.34. The number of piperazine rings is 1. The molecule has 0 aliphatic carbocycles. The predicted octanol–water partition coefficient (Wildman–Crippen LogP) is 2.91. The number of fused-ring (bicyclic) bond motifs is 3. The third kappa shape index (κ3) is 2.61. The average molecular weight is 337 g/mol. The lowest BCUT2D eigenvalue weighted by Crippen LogP contribution is -2.58. The van der Waals surface area contributed by atoms with Crippen molar-refractivity contribution in [2.24, 2.45) is 0 Å². The molecule has 2 saturated heterocycles. The Morgan fingerprint density at radius 1 is 1.24 bits per heavy atom. The topological polar surface area (TPSA) is 59.1 Å². The third-order valence-corrected chi connectivity index (χ3v) is 5.41. The summed E-state index contributed by atoms with van der Waals surface area (Å²) < 4.78 is 8.12. The maximum Gasteiger partial charge on any atom is 0.298 e. The number of hydrogen-bond acceptors (Lipinski definition) is 5. The minimum absolute atomic E-state index is 0.555. The van der Waals surface area contributed by atoms with Crippen molar-refractivity contribution in [3.05, 3.63) is 36.2 Å². The van der Waals surface area contributed by atoms with E-state index in [4.69, 9.17) is 9.40 Å². The molecule has 0 saturated carbocycles. The van der Waals surface area contributed by atoms with Crippen molar-refractivity contribution in [2.75, 3.05) is 18.0 Å². The van der Waals surface area contributed by atoms with Crippen molar-refractivity contribution >= 4 is 17.1 Å². The van der Waals surface area contributed by atoms with E-state index in [2.05, 4.69) is 34.4 Å². The molecule has 0 spiro atoms. The van der Waals surface area contributed by atoms with Crippen molar-refractivity contribution in [3.8, 4) is 5.69 Å². The molecule has 25 heavy (non-hydrogen) atoms. The van der Waals surface area contributed by atoms with Gasteiger partial charge in [-0.15, -0.1) is 0 Å². The minimum atomic E-state index is 0.555. The molecule has 2 fully saturated rings. The van der Waals surface area contributed by atoms with E-state index < -0.39 is 0 Å². The molecule has 3 aromatic rings. The lowest BCUT2D eigenvalue weighted by atomic mass is 9.94. The Kier molecular flexibility index (Phi) is 3.52. The largest absolute Gasteiger partial charge is 0.421 e. The van der Waals surface area contributed by atoms with Crippen LogP contribution in [0, 0.1) is 0 Å². The van der Waals surface area contributed by atoms with Gasteiger partial charge < -0.3 is 14.6 Å². The fraction of sp³-hybridized carbons (Fsp3) is 0.474. The number of nitrogens with one attached hydrogen (secondary N) is 1. The highest BCUT2D eigenvalue weighted by Gasteiger charge is 2.32. The van der Waals surface area contributed by atoms with E-state index in [1.807, 2.05) is 16.9 Å². The molecule has 2 atom stereocenters. The molecule has 0 radical (unpaired) electrons. The van der Waals surface area contributed by atoms with Gasteiger partial charge in [-0.1, -0.05) is 13.3 Å². The normalized spacial score (nSPS) is 23.3. The van der Waals surface area contributed by atoms with Crippen LogP contribution in [0.4, 0.5) is 6.01 Å². The van der Waals surface area contributed by atoms with Gasteiger partial charge in [-0.05, 0) is 43.0 Å². The monoisotopic (exact) mass is 337 g/mol. The maximum absolute atomic E-state index is 6.25. The standard InChI is InChI=1S/C19H23N5O/c1-2-13-9-16-18(17(10-13)24-8-4-7-20-24)25-19(22-16)23-11-14-5-3-6-15(12-23)21-14/h4,7-10,14-15,21H,2-3,5-6,11-12H2,1H3. The number of oxazole rings is 1. The number of rotatable bonds is 3. The van der Waals surface area contributed by atoms with Gasteiger partial charge in [-0.25, -0.2) is 4.68 Å². The molecule has 2 bridgehead atoms. The van der Waals surface area contributed by atoms with Crippen LogP contribution in [0.25, 0.3) is 16.8 Å². The van der Waals surface area contributed by atoms with Crippen molar-refractivity contribution in [1.29, 1.82) is 0 Å². The molecule has 2 aliphatic heterocycles. The van der Waals surface area contributed by atoms with E-state index in [0.29, 0.717) is 12.1 Å². The summed E-state index contributed by atoms with van der Waals surface area (Å²) in [4.78, 5) is 7.14. The Morgan fingerprint density at radius 2 is 2.08 bits per heavy atom. The van der Waals surface area contributed by atoms with Gasteiger partial charge in [0, 0.05) is 37.6 Å². The highest BCUT2D eigenvalue weighted by molar-refractivity contribution is 5.84. The van der Waals surface area contributed by atoms with Gasteiger partial charge in [0.2, 0.25) is 0 Å². The molecule has 4 heterocycles. The van der Waals surface area contributed by atoms with E-state index in [1.54, 1.807) is 6.20 Å². The Morgan fingerprint density at radius 3 is 2.80 bits per heavy atom. The molecule has 130 valence electrons. The average Bonchev–Trinajstić information content (AvgIpc) is 3.30. The Bertz CT molecular complexity index is 873. The Balaban J connectivity index is 1.58. The number of nitrogens with zero attached hydrogens (tertiary/aromatic N) is 4. The van der Waals surface area contributed by atoms with E-state index in [0.717, 1.165) is 42.3 Å². The first kappa shape index (κ1) is 15.0. The molecule has 1 aromatic carbocycles. The first-order valence-corrected chi connectivity index (χ1v) is 9.24. The maximum atomic E-state index is 6.25. The van der Waals surface area contributed by atoms with Gasteiger partial charge in [0.05, 0.1) is 0 Å². The number of anilines is 1. The molecule has 1 N–H and O–H groups in total. The van der Waals surface area contributed by atoms with E-state index >= 15 is 0 Å². The molecule has 2 aromatic heterocycles. The zero-order valence-corrected chi connectivity index (χ0v) is 14.5. The predicted molar refractivity (Wildman–Crippen MR) is 97.3 cm³/mol. The quantitative estimate of drug-likeness (QED) is 0.796. The van der Waals surface area contributed by atoms with Gasteiger partial charge >= 0.3 is 0 Å². The fourth-order valence-corrected chi connectivity index (χ4v) is 4.14. The van der Waals surface area contributed by atoms with Crippen LogP contribution < -0.4 is 10.2 Å². The smallest absolute Gasteiger partial charge is 0.298 e. The number of aromatic nitrogens is 3. The van der Waals surface area contributed by atoms with Crippen molar-refractivity contribution in [2.45, 2.75) is 44.7 Å². The van der Waals surface area contributed by atoms with Gasteiger partial charge in [0.1, 0.15) is 11.2 Å². The molecule has 5 rings (SSSR count). The molecular weight excluding hydrogens is 314 g/mol. The van der Waals surface area contributed by atoms with Crippen LogP contribution in [-0.2, 0) is 6.42 Å². The zero-order valence-electron chi connectivity index (χ0n) is 14.5. The summed E-state index contributed by atoms with van der Waals surface area (Å²) in [5, 5.41) is 8.10. The summed E-state index contributed by atoms with van der Waals surface area (Å²) in [5.41, 5.74) is 3.95. The molecule has 2 aliphatic rings. The van der Waals surface area contributed by atoms with Crippen LogP contribution in [0.1, 0.15) is 31.7 Å². The number of piperidine rings is 1. The molecule has 0 amide bonds. The molecule has 6 nitrogen and oxygen atoms in total. The van der Waals surface area contributed by atoms with Crippen LogP contribution in [0.2, 0.25) is 0 Å². The third-order valence-electron chi connectivity index (χ3n) is 5.41. The summed E-state index contributed by atoms with van der Waals surface area (Å²) >= 11 is 0. The lowest BCUT2D eigenvalue weighted by Gasteiger charge is -2.41. The van der Waals surface area contributed by atoms with E-state index in [-0.39, 0.29) is 0 Å². The van der Waals surface area contributed by atoms with Crippen molar-refractivity contribution < 1.29 is 4.42 Å². The SMILES string of the molecule is CCc1cc(-n2cccn2)c2oc(N3CC4CCCC(C3)N4)nc2c1. The zero-order chi connectivity index (χ0) is 16.8. The first-order valence-electron chi connectivity index (χ1n) is 9.24. The second-order valence-electron chi connectivity index (χ2n) is 7.16. The van der Waals surface area contributed by atoms with Gasteiger partial charge in [0.25, 0.3) is 6.01 Å². The number of hydrogen-bond donors (Lipinski definition) is 1. The number of benzene rings is 1. The highest BCUT2D eigenvalue weighted by Crippen LogP contribution is 2.31. The molecule has 6 heteroatoms. The van der Waals surface area contributed by atoms with E-state index in [1.165, 1.54) is 24.8 Å². The summed E-state index contributed by atoms with van der Waals surface area (Å²) in [6.07, 6.45) is 8.51. The van der Waals surface area contributed by atoms with Crippen LogP contribution >= 0.6 is 0 Å². The van der Waals surface area contributed by atoms with Crippen LogP contribution in [0.3, 0.4) is 0 Å². The van der Waals surface area contributed by atoms with Gasteiger partial charge in [-0.3, -0.25) is 0 Å². The fourth-order valence-electron chi connectivity index (χ4n) is 4.14. The summed E-state index contributed by atoms with van der Waals surface area (Å²) in [6.45, 7) is 4.11. The summed E-state index contributed by atoms with van der Waals surface area (Å²) in [5.74, 6) is 0. The van der Waals surface area contributed by atoms with E-state index in [9.17, 15) is 0 Å². The first-order chi connectivity index (χ1) is 12.3. The second-order valence-corrected chi connectivity index (χ2v) is 7.16. The summed E-state index contributed by atoms with van der Waals surface area (Å²) in [6, 6.07) is 8.07. The molecule has 2 unspecified atom stereocenters. The number of aryl methyl sites for hydroxylation is 1. The highest BCUT2D eigenvalue weighted by atomic mass is 16.4. The van der Waals surface area contributed by atoms with Crippen LogP contribution in [0.5, 0.6) is 0 Å². The minimum Gasteiger partial charge on any atom is -0.421 e. The summed E-state index contributed by atoms with van der Waals surface area (Å²) in [7, 11) is 0. The van der Waals surface area contributed by atoms with Crippen LogP contribution in [-0.4, -0.2) is 39.9 Å². The van der Waals surface area contributed by atoms with Crippen LogP contribution in [0.15, 0.2) is 35.0 Å². The second kappa shape index (κ2) is 5.88. The van der Waals surface area contributed by atoms with Crippen molar-refractivity contribution in [3.63, 3.8) is 0 Å².